The summed E-state index contributed by atoms with van der Waals surface area (Å²) in [7, 11) is 1.81. The Balaban J connectivity index is 2.30. The van der Waals surface area contributed by atoms with Gasteiger partial charge in [-0.1, -0.05) is 18.2 Å². The second kappa shape index (κ2) is 4.35. The van der Waals surface area contributed by atoms with E-state index in [0.29, 0.717) is 12.1 Å². The van der Waals surface area contributed by atoms with Crippen molar-refractivity contribution in [1.29, 1.82) is 0 Å². The van der Waals surface area contributed by atoms with Gasteiger partial charge in [0.2, 0.25) is 5.95 Å². The predicted octanol–water partition coefficient (Wildman–Crippen LogP) is 2.42. The molecule has 0 bridgehead atoms. The molecule has 2 aromatic rings. The molecule has 0 spiro atoms. The van der Waals surface area contributed by atoms with Crippen LogP contribution in [-0.2, 0) is 6.54 Å². The Bertz CT molecular complexity index is 491. The first-order valence-corrected chi connectivity index (χ1v) is 5.15. The van der Waals surface area contributed by atoms with Crippen molar-refractivity contribution >= 4 is 5.95 Å². The lowest BCUT2D eigenvalue weighted by Gasteiger charge is -2.07. The summed E-state index contributed by atoms with van der Waals surface area (Å²) < 4.78 is 15.4. The summed E-state index contributed by atoms with van der Waals surface area (Å²) in [5, 5.41) is 2.99. The van der Waals surface area contributed by atoms with Gasteiger partial charge in [0.15, 0.2) is 0 Å². The number of halogens is 1. The van der Waals surface area contributed by atoms with Gasteiger partial charge in [-0.2, -0.15) is 0 Å². The third kappa shape index (κ3) is 2.05. The van der Waals surface area contributed by atoms with Crippen molar-refractivity contribution < 1.29 is 4.39 Å². The van der Waals surface area contributed by atoms with Gasteiger partial charge in [-0.05, 0) is 13.0 Å². The summed E-state index contributed by atoms with van der Waals surface area (Å²) in [6.07, 6.45) is 1.90. The smallest absolute Gasteiger partial charge is 0.203 e. The van der Waals surface area contributed by atoms with Crippen LogP contribution in [0.2, 0.25) is 0 Å². The fourth-order valence-electron chi connectivity index (χ4n) is 1.68. The molecule has 16 heavy (non-hydrogen) atoms. The molecule has 0 saturated heterocycles. The van der Waals surface area contributed by atoms with E-state index in [9.17, 15) is 4.39 Å². The topological polar surface area (TPSA) is 29.9 Å². The van der Waals surface area contributed by atoms with E-state index in [4.69, 9.17) is 0 Å². The van der Waals surface area contributed by atoms with Crippen molar-refractivity contribution in [2.24, 2.45) is 0 Å². The van der Waals surface area contributed by atoms with Crippen molar-refractivity contribution in [2.75, 3.05) is 12.4 Å². The molecule has 0 aliphatic heterocycles. The molecule has 0 radical (unpaired) electrons. The van der Waals surface area contributed by atoms with Gasteiger partial charge in [0.25, 0.3) is 0 Å². The minimum atomic E-state index is -0.184. The number of benzene rings is 1. The normalized spacial score (nSPS) is 10.4. The number of nitrogens with one attached hydrogen (secondary N) is 1. The molecule has 4 heteroatoms. The van der Waals surface area contributed by atoms with Crippen LogP contribution in [0.25, 0.3) is 0 Å². The third-order valence-electron chi connectivity index (χ3n) is 2.42. The van der Waals surface area contributed by atoms with E-state index >= 15 is 0 Å². The Morgan fingerprint density at radius 2 is 2.12 bits per heavy atom. The summed E-state index contributed by atoms with van der Waals surface area (Å²) >= 11 is 0. The summed E-state index contributed by atoms with van der Waals surface area (Å²) in [5.41, 5.74) is 1.58. The third-order valence-corrected chi connectivity index (χ3v) is 2.42. The molecule has 0 aliphatic carbocycles. The van der Waals surface area contributed by atoms with Gasteiger partial charge in [-0.3, -0.25) is 0 Å². The zero-order valence-electron chi connectivity index (χ0n) is 9.37. The number of nitrogens with zero attached hydrogens (tertiary/aromatic N) is 2. The van der Waals surface area contributed by atoms with Gasteiger partial charge in [-0.15, -0.1) is 0 Å². The Morgan fingerprint density at radius 1 is 1.38 bits per heavy atom. The number of anilines is 1. The number of imidazole rings is 1. The van der Waals surface area contributed by atoms with Gasteiger partial charge in [0.1, 0.15) is 5.82 Å². The van der Waals surface area contributed by atoms with Crippen LogP contribution in [0.1, 0.15) is 11.3 Å². The molecule has 1 aromatic carbocycles. The van der Waals surface area contributed by atoms with Crippen LogP contribution in [0.5, 0.6) is 0 Å². The highest BCUT2D eigenvalue weighted by Gasteiger charge is 2.06. The molecule has 0 unspecified atom stereocenters. The molecule has 1 aromatic heterocycles. The lowest BCUT2D eigenvalue weighted by Crippen LogP contribution is -2.05. The maximum atomic E-state index is 13.5. The Labute approximate surface area is 93.9 Å². The number of hydrogen-bond donors (Lipinski definition) is 1. The number of rotatable bonds is 3. The number of aryl methyl sites for hydroxylation is 1. The van der Waals surface area contributed by atoms with Gasteiger partial charge in [0.05, 0.1) is 12.2 Å². The number of aromatic nitrogens is 2. The lowest BCUT2D eigenvalue weighted by atomic mass is 10.2. The molecular weight excluding hydrogens is 205 g/mol. The molecule has 0 saturated carbocycles. The molecule has 1 heterocycles. The summed E-state index contributed by atoms with van der Waals surface area (Å²) in [6.45, 7) is 2.41. The van der Waals surface area contributed by atoms with Gasteiger partial charge >= 0.3 is 0 Å². The summed E-state index contributed by atoms with van der Waals surface area (Å²) in [5.74, 6) is 0.566. The van der Waals surface area contributed by atoms with Crippen molar-refractivity contribution in [3.05, 3.63) is 47.5 Å². The molecular formula is C12H14FN3. The van der Waals surface area contributed by atoms with Crippen LogP contribution >= 0.6 is 0 Å². The van der Waals surface area contributed by atoms with Crippen LogP contribution < -0.4 is 5.32 Å². The molecule has 84 valence electrons. The SMILES string of the molecule is CNc1nc(C)cn1Cc1ccccc1F. The van der Waals surface area contributed by atoms with Crippen molar-refractivity contribution in [1.82, 2.24) is 9.55 Å². The second-order valence-corrected chi connectivity index (χ2v) is 3.68. The van der Waals surface area contributed by atoms with E-state index in [2.05, 4.69) is 10.3 Å². The fraction of sp³-hybridized carbons (Fsp3) is 0.250. The molecule has 0 aliphatic rings. The van der Waals surface area contributed by atoms with E-state index in [1.165, 1.54) is 6.07 Å². The standard InChI is InChI=1S/C12H14FN3/c1-9-7-16(12(14-2)15-9)8-10-5-3-4-6-11(10)13/h3-7H,8H2,1-2H3,(H,14,15). The average molecular weight is 219 g/mol. The quantitative estimate of drug-likeness (QED) is 0.859. The maximum Gasteiger partial charge on any atom is 0.203 e. The monoisotopic (exact) mass is 219 g/mol. The molecule has 3 nitrogen and oxygen atoms in total. The Morgan fingerprint density at radius 3 is 2.81 bits per heavy atom. The fourth-order valence-corrected chi connectivity index (χ4v) is 1.68. The van der Waals surface area contributed by atoms with E-state index in [1.54, 1.807) is 19.2 Å². The van der Waals surface area contributed by atoms with Gasteiger partial charge in [-0.25, -0.2) is 9.37 Å². The number of hydrogen-bond acceptors (Lipinski definition) is 2. The first-order chi connectivity index (χ1) is 7.70. The Hall–Kier alpha value is -1.84. The molecule has 1 N–H and O–H groups in total. The van der Waals surface area contributed by atoms with E-state index in [1.807, 2.05) is 23.8 Å². The molecule has 2 rings (SSSR count). The van der Waals surface area contributed by atoms with Crippen molar-refractivity contribution in [3.8, 4) is 0 Å². The molecule has 0 amide bonds. The second-order valence-electron chi connectivity index (χ2n) is 3.68. The van der Waals surface area contributed by atoms with E-state index in [0.717, 1.165) is 11.6 Å². The molecule has 0 fully saturated rings. The zero-order chi connectivity index (χ0) is 11.5. The maximum absolute atomic E-state index is 13.5. The first-order valence-electron chi connectivity index (χ1n) is 5.15. The summed E-state index contributed by atoms with van der Waals surface area (Å²) in [4.78, 5) is 4.28. The van der Waals surface area contributed by atoms with Crippen molar-refractivity contribution in [3.63, 3.8) is 0 Å². The van der Waals surface area contributed by atoms with Gasteiger partial charge in [0, 0.05) is 18.8 Å². The van der Waals surface area contributed by atoms with E-state index in [-0.39, 0.29) is 5.82 Å². The molecule has 0 atom stereocenters. The van der Waals surface area contributed by atoms with Gasteiger partial charge < -0.3 is 9.88 Å². The van der Waals surface area contributed by atoms with Crippen LogP contribution in [0.15, 0.2) is 30.5 Å². The van der Waals surface area contributed by atoms with Crippen LogP contribution in [0, 0.1) is 12.7 Å². The average Bonchev–Trinajstić information content (AvgIpc) is 2.62. The van der Waals surface area contributed by atoms with Crippen LogP contribution in [0.3, 0.4) is 0 Å². The highest BCUT2D eigenvalue weighted by molar-refractivity contribution is 5.29. The Kier molecular flexibility index (Phi) is 2.90. The predicted molar refractivity (Wildman–Crippen MR) is 62.0 cm³/mol. The zero-order valence-corrected chi connectivity index (χ0v) is 9.37. The highest BCUT2D eigenvalue weighted by atomic mass is 19.1. The van der Waals surface area contributed by atoms with E-state index < -0.39 is 0 Å². The largest absolute Gasteiger partial charge is 0.359 e. The lowest BCUT2D eigenvalue weighted by molar-refractivity contribution is 0.600. The minimum Gasteiger partial charge on any atom is -0.359 e. The highest BCUT2D eigenvalue weighted by Crippen LogP contribution is 2.13. The summed E-state index contributed by atoms with van der Waals surface area (Å²) in [6, 6.07) is 6.78. The van der Waals surface area contributed by atoms with Crippen LogP contribution in [0.4, 0.5) is 10.3 Å². The first kappa shape index (κ1) is 10.7. The van der Waals surface area contributed by atoms with Crippen LogP contribution in [-0.4, -0.2) is 16.6 Å². The van der Waals surface area contributed by atoms with Crippen molar-refractivity contribution in [2.45, 2.75) is 13.5 Å². The minimum absolute atomic E-state index is 0.184.